The number of rotatable bonds is 8. The van der Waals surface area contributed by atoms with Gasteiger partial charge in [0.25, 0.3) is 0 Å². The standard InChI is InChI=1S/C24H32FN5O2.HI/c1-3-26-24(27-16-19-5-4-6-22(15-19)29-18(2)31)28-17-23(30-11-13-32-14-12-30)20-7-9-21(25)10-8-20;/h4-10,15,23H,3,11-14,16-17H2,1-2H3,(H,29,31)(H2,26,27,28);1H. The van der Waals surface area contributed by atoms with E-state index in [1.165, 1.54) is 19.1 Å². The average molecular weight is 569 g/mol. The van der Waals surface area contributed by atoms with E-state index in [-0.39, 0.29) is 41.7 Å². The highest BCUT2D eigenvalue weighted by atomic mass is 127. The van der Waals surface area contributed by atoms with Crippen molar-refractivity contribution in [2.45, 2.75) is 26.4 Å². The van der Waals surface area contributed by atoms with Crippen LogP contribution in [0.15, 0.2) is 53.5 Å². The Bertz CT molecular complexity index is 904. The molecular formula is C24H33FIN5O2. The van der Waals surface area contributed by atoms with Crippen molar-refractivity contribution in [1.82, 2.24) is 15.5 Å². The summed E-state index contributed by atoms with van der Waals surface area (Å²) in [4.78, 5) is 18.4. The molecule has 7 nitrogen and oxygen atoms in total. The molecule has 3 N–H and O–H groups in total. The van der Waals surface area contributed by atoms with E-state index in [9.17, 15) is 9.18 Å². The van der Waals surface area contributed by atoms with Crippen LogP contribution in [0, 0.1) is 5.82 Å². The van der Waals surface area contributed by atoms with Gasteiger partial charge in [0.2, 0.25) is 5.91 Å². The summed E-state index contributed by atoms with van der Waals surface area (Å²) in [7, 11) is 0. The summed E-state index contributed by atoms with van der Waals surface area (Å²) in [5.74, 6) is 0.368. The number of hydrogen-bond donors (Lipinski definition) is 3. The van der Waals surface area contributed by atoms with Crippen LogP contribution in [0.5, 0.6) is 0 Å². The number of benzene rings is 2. The van der Waals surface area contributed by atoms with Crippen LogP contribution < -0.4 is 16.0 Å². The summed E-state index contributed by atoms with van der Waals surface area (Å²) in [5, 5.41) is 9.52. The quantitative estimate of drug-likeness (QED) is 0.258. The summed E-state index contributed by atoms with van der Waals surface area (Å²) in [6.45, 7) is 8.38. The molecule has 1 saturated heterocycles. The SMILES string of the molecule is CCNC(=NCc1cccc(NC(C)=O)c1)NCC(c1ccc(F)cc1)N1CCOCC1.I. The number of morpholine rings is 1. The molecule has 33 heavy (non-hydrogen) atoms. The molecule has 180 valence electrons. The van der Waals surface area contributed by atoms with Gasteiger partial charge in [0.1, 0.15) is 5.82 Å². The normalized spacial score (nSPS) is 15.3. The van der Waals surface area contributed by atoms with Crippen molar-refractivity contribution >= 4 is 41.5 Å². The number of carbonyl (C=O) groups is 1. The van der Waals surface area contributed by atoms with Crippen molar-refractivity contribution in [3.8, 4) is 0 Å². The van der Waals surface area contributed by atoms with Gasteiger partial charge in [0.05, 0.1) is 25.8 Å². The molecule has 1 unspecified atom stereocenters. The first-order valence-corrected chi connectivity index (χ1v) is 11.0. The predicted octanol–water partition coefficient (Wildman–Crippen LogP) is 3.53. The number of nitrogens with one attached hydrogen (secondary N) is 3. The molecule has 2 aromatic carbocycles. The third-order valence-electron chi connectivity index (χ3n) is 5.22. The largest absolute Gasteiger partial charge is 0.379 e. The Balaban J connectivity index is 0.00000385. The maximum absolute atomic E-state index is 13.5. The molecule has 0 bridgehead atoms. The maximum atomic E-state index is 13.5. The lowest BCUT2D eigenvalue weighted by Crippen LogP contribution is -2.46. The van der Waals surface area contributed by atoms with Crippen molar-refractivity contribution in [3.63, 3.8) is 0 Å². The lowest BCUT2D eigenvalue weighted by molar-refractivity contribution is -0.114. The summed E-state index contributed by atoms with van der Waals surface area (Å²) < 4.78 is 19.0. The summed E-state index contributed by atoms with van der Waals surface area (Å²) in [6.07, 6.45) is 0. The highest BCUT2D eigenvalue weighted by Gasteiger charge is 2.23. The van der Waals surface area contributed by atoms with Crippen LogP contribution in [0.4, 0.5) is 10.1 Å². The Hall–Kier alpha value is -2.24. The first-order chi connectivity index (χ1) is 15.5. The van der Waals surface area contributed by atoms with Crippen molar-refractivity contribution in [1.29, 1.82) is 0 Å². The maximum Gasteiger partial charge on any atom is 0.221 e. The van der Waals surface area contributed by atoms with Gasteiger partial charge in [0, 0.05) is 38.8 Å². The number of hydrogen-bond acceptors (Lipinski definition) is 4. The first-order valence-electron chi connectivity index (χ1n) is 11.0. The Morgan fingerprint density at radius 1 is 1.15 bits per heavy atom. The molecule has 0 spiro atoms. The molecule has 9 heteroatoms. The van der Waals surface area contributed by atoms with Gasteiger partial charge in [-0.15, -0.1) is 24.0 Å². The van der Waals surface area contributed by atoms with Gasteiger partial charge < -0.3 is 20.7 Å². The van der Waals surface area contributed by atoms with Gasteiger partial charge in [-0.2, -0.15) is 0 Å². The van der Waals surface area contributed by atoms with Gasteiger partial charge in [-0.3, -0.25) is 9.69 Å². The van der Waals surface area contributed by atoms with Crippen molar-refractivity contribution in [2.24, 2.45) is 4.99 Å². The fourth-order valence-electron chi connectivity index (χ4n) is 3.69. The molecule has 1 heterocycles. The minimum Gasteiger partial charge on any atom is -0.379 e. The lowest BCUT2D eigenvalue weighted by Gasteiger charge is -2.35. The third-order valence-corrected chi connectivity index (χ3v) is 5.22. The molecule has 1 atom stereocenters. The van der Waals surface area contributed by atoms with Crippen molar-refractivity contribution < 1.29 is 13.9 Å². The molecule has 1 aliphatic rings. The van der Waals surface area contributed by atoms with E-state index in [0.29, 0.717) is 32.3 Å². The van der Waals surface area contributed by atoms with Gasteiger partial charge in [-0.1, -0.05) is 24.3 Å². The first kappa shape index (κ1) is 27.0. The number of anilines is 1. The van der Waals surface area contributed by atoms with Gasteiger partial charge in [-0.05, 0) is 42.3 Å². The molecule has 1 fully saturated rings. The van der Waals surface area contributed by atoms with Crippen LogP contribution in [0.1, 0.15) is 31.0 Å². The fraction of sp³-hybridized carbons (Fsp3) is 0.417. The second-order valence-electron chi connectivity index (χ2n) is 7.67. The second-order valence-corrected chi connectivity index (χ2v) is 7.67. The Morgan fingerprint density at radius 3 is 2.55 bits per heavy atom. The van der Waals surface area contributed by atoms with Crippen molar-refractivity contribution in [2.75, 3.05) is 44.7 Å². The second kappa shape index (κ2) is 14.1. The van der Waals surface area contributed by atoms with Gasteiger partial charge >= 0.3 is 0 Å². The monoisotopic (exact) mass is 569 g/mol. The van der Waals surface area contributed by atoms with E-state index in [1.54, 1.807) is 0 Å². The van der Waals surface area contributed by atoms with E-state index < -0.39 is 0 Å². The minimum absolute atomic E-state index is 0. The summed E-state index contributed by atoms with van der Waals surface area (Å²) in [5.41, 5.74) is 2.81. The van der Waals surface area contributed by atoms with Crippen LogP contribution in [0.3, 0.4) is 0 Å². The highest BCUT2D eigenvalue weighted by molar-refractivity contribution is 14.0. The van der Waals surface area contributed by atoms with E-state index in [1.807, 2.05) is 43.3 Å². The molecule has 0 radical (unpaired) electrons. The average Bonchev–Trinajstić information content (AvgIpc) is 2.79. The zero-order valence-corrected chi connectivity index (χ0v) is 21.5. The minimum atomic E-state index is -0.237. The predicted molar refractivity (Wildman–Crippen MR) is 141 cm³/mol. The van der Waals surface area contributed by atoms with E-state index in [4.69, 9.17) is 9.73 Å². The van der Waals surface area contributed by atoms with Crippen LogP contribution in [0.2, 0.25) is 0 Å². The van der Waals surface area contributed by atoms with Crippen LogP contribution in [0.25, 0.3) is 0 Å². The van der Waals surface area contributed by atoms with E-state index >= 15 is 0 Å². The van der Waals surface area contributed by atoms with Crippen LogP contribution >= 0.6 is 24.0 Å². The number of guanidine groups is 1. The highest BCUT2D eigenvalue weighted by Crippen LogP contribution is 2.21. The number of ether oxygens (including phenoxy) is 1. The van der Waals surface area contributed by atoms with Crippen LogP contribution in [-0.4, -0.2) is 56.2 Å². The number of amides is 1. The third kappa shape index (κ3) is 8.90. The zero-order chi connectivity index (χ0) is 22.8. The fourth-order valence-corrected chi connectivity index (χ4v) is 3.69. The number of nitrogens with zero attached hydrogens (tertiary/aromatic N) is 2. The Labute approximate surface area is 212 Å². The van der Waals surface area contributed by atoms with Gasteiger partial charge in [-0.25, -0.2) is 9.38 Å². The number of carbonyl (C=O) groups excluding carboxylic acids is 1. The molecular weight excluding hydrogens is 536 g/mol. The Kier molecular flexibility index (Phi) is 11.6. The molecule has 1 aliphatic heterocycles. The molecule has 2 aromatic rings. The van der Waals surface area contributed by atoms with E-state index in [2.05, 4.69) is 20.9 Å². The summed E-state index contributed by atoms with van der Waals surface area (Å²) >= 11 is 0. The Morgan fingerprint density at radius 2 is 1.88 bits per heavy atom. The molecule has 0 saturated carbocycles. The topological polar surface area (TPSA) is 78.0 Å². The number of aliphatic imine (C=N–C) groups is 1. The summed E-state index contributed by atoms with van der Waals surface area (Å²) in [6, 6.07) is 14.4. The zero-order valence-electron chi connectivity index (χ0n) is 19.1. The molecule has 3 rings (SSSR count). The van der Waals surface area contributed by atoms with Crippen LogP contribution in [-0.2, 0) is 16.1 Å². The van der Waals surface area contributed by atoms with Gasteiger partial charge in [0.15, 0.2) is 5.96 Å². The van der Waals surface area contributed by atoms with Crippen molar-refractivity contribution in [3.05, 3.63) is 65.5 Å². The molecule has 1 amide bonds. The molecule has 0 aliphatic carbocycles. The number of halogens is 2. The smallest absolute Gasteiger partial charge is 0.221 e. The van der Waals surface area contributed by atoms with E-state index in [0.717, 1.165) is 36.4 Å². The lowest BCUT2D eigenvalue weighted by atomic mass is 10.0. The molecule has 0 aromatic heterocycles.